The second kappa shape index (κ2) is 12.6. The maximum Gasteiger partial charge on any atom is 0.261 e. The van der Waals surface area contributed by atoms with Crippen LogP contribution in [0.4, 0.5) is 0 Å². The first kappa shape index (κ1) is 25.8. The van der Waals surface area contributed by atoms with Crippen LogP contribution in [0.3, 0.4) is 0 Å². The van der Waals surface area contributed by atoms with Crippen LogP contribution in [0.25, 0.3) is 0 Å². The lowest BCUT2D eigenvalue weighted by molar-refractivity contribution is -0.142. The number of ether oxygens (including phenoxy) is 4. The summed E-state index contributed by atoms with van der Waals surface area (Å²) in [6.45, 7) is 5.62. The van der Waals surface area contributed by atoms with Gasteiger partial charge in [-0.1, -0.05) is 19.1 Å². The van der Waals surface area contributed by atoms with Crippen molar-refractivity contribution in [3.8, 4) is 23.0 Å². The van der Waals surface area contributed by atoms with Crippen molar-refractivity contribution in [2.75, 3.05) is 27.9 Å². The molecule has 0 saturated carbocycles. The van der Waals surface area contributed by atoms with E-state index in [1.54, 1.807) is 32.2 Å². The van der Waals surface area contributed by atoms with E-state index in [-0.39, 0.29) is 31.0 Å². The molecule has 0 radical (unpaired) electrons. The Labute approximate surface area is 195 Å². The molecule has 0 aliphatic heterocycles. The smallest absolute Gasteiger partial charge is 0.261 e. The number of methoxy groups -OCH3 is 3. The molecule has 2 amide bonds. The maximum absolute atomic E-state index is 13.2. The van der Waals surface area contributed by atoms with Crippen molar-refractivity contribution in [3.63, 3.8) is 0 Å². The number of hydrogen-bond acceptors (Lipinski definition) is 6. The molecule has 0 spiro atoms. The fourth-order valence-corrected chi connectivity index (χ4v) is 3.11. The first-order valence-electron chi connectivity index (χ1n) is 10.9. The van der Waals surface area contributed by atoms with E-state index in [2.05, 4.69) is 5.32 Å². The number of amides is 2. The van der Waals surface area contributed by atoms with Gasteiger partial charge >= 0.3 is 0 Å². The molecular weight excluding hydrogens is 424 g/mol. The van der Waals surface area contributed by atoms with Crippen LogP contribution in [0.5, 0.6) is 23.0 Å². The Morgan fingerprint density at radius 3 is 2.09 bits per heavy atom. The van der Waals surface area contributed by atoms with Gasteiger partial charge in [0, 0.05) is 30.8 Å². The minimum atomic E-state index is -0.693. The van der Waals surface area contributed by atoms with Gasteiger partial charge in [0.2, 0.25) is 5.91 Å². The summed E-state index contributed by atoms with van der Waals surface area (Å²) >= 11 is 0. The zero-order chi connectivity index (χ0) is 24.4. The summed E-state index contributed by atoms with van der Waals surface area (Å²) in [4.78, 5) is 27.5. The first-order valence-corrected chi connectivity index (χ1v) is 10.9. The van der Waals surface area contributed by atoms with Crippen LogP contribution in [-0.4, -0.2) is 56.7 Å². The van der Waals surface area contributed by atoms with Crippen LogP contribution >= 0.6 is 0 Å². The van der Waals surface area contributed by atoms with E-state index in [4.69, 9.17) is 18.9 Å². The van der Waals surface area contributed by atoms with Gasteiger partial charge in [0.25, 0.3) is 5.91 Å². The number of nitrogens with zero attached hydrogens (tertiary/aromatic N) is 1. The van der Waals surface area contributed by atoms with Gasteiger partial charge in [-0.25, -0.2) is 0 Å². The zero-order valence-electron chi connectivity index (χ0n) is 20.2. The van der Waals surface area contributed by atoms with Gasteiger partial charge < -0.3 is 29.2 Å². The molecule has 0 saturated heterocycles. The third-order valence-electron chi connectivity index (χ3n) is 5.34. The van der Waals surface area contributed by atoms with Gasteiger partial charge in [-0.2, -0.15) is 0 Å². The number of hydrogen-bond donors (Lipinski definition) is 1. The third kappa shape index (κ3) is 7.59. The molecule has 1 N–H and O–H groups in total. The van der Waals surface area contributed by atoms with Gasteiger partial charge in [0.15, 0.2) is 6.61 Å². The minimum absolute atomic E-state index is 0.00854. The van der Waals surface area contributed by atoms with Crippen LogP contribution in [0.1, 0.15) is 32.8 Å². The highest BCUT2D eigenvalue weighted by Crippen LogP contribution is 2.27. The molecular formula is C25H34N2O6. The molecule has 2 rings (SSSR count). The molecule has 180 valence electrons. The van der Waals surface area contributed by atoms with Crippen molar-refractivity contribution < 1.29 is 28.5 Å². The van der Waals surface area contributed by atoms with Crippen molar-refractivity contribution in [1.82, 2.24) is 10.2 Å². The number of benzene rings is 2. The Balaban J connectivity index is 2.22. The van der Waals surface area contributed by atoms with E-state index in [0.29, 0.717) is 23.0 Å². The Morgan fingerprint density at radius 2 is 1.52 bits per heavy atom. The Hall–Kier alpha value is -3.42. The largest absolute Gasteiger partial charge is 0.497 e. The van der Waals surface area contributed by atoms with Crippen molar-refractivity contribution in [2.45, 2.75) is 45.8 Å². The van der Waals surface area contributed by atoms with E-state index in [1.165, 1.54) is 19.1 Å². The van der Waals surface area contributed by atoms with Crippen LogP contribution in [0, 0.1) is 0 Å². The predicted molar refractivity (Wildman–Crippen MR) is 126 cm³/mol. The van der Waals surface area contributed by atoms with Gasteiger partial charge in [-0.15, -0.1) is 0 Å². The number of carbonyl (C=O) groups excluding carboxylic acids is 2. The molecule has 2 aromatic carbocycles. The van der Waals surface area contributed by atoms with E-state index >= 15 is 0 Å². The van der Waals surface area contributed by atoms with Gasteiger partial charge in [0.05, 0.1) is 21.3 Å². The summed E-state index contributed by atoms with van der Waals surface area (Å²) in [6, 6.07) is 11.8. The quantitative estimate of drug-likeness (QED) is 0.525. The van der Waals surface area contributed by atoms with Crippen molar-refractivity contribution >= 4 is 11.8 Å². The molecule has 0 heterocycles. The second-order valence-electron chi connectivity index (χ2n) is 7.70. The van der Waals surface area contributed by atoms with Crippen molar-refractivity contribution in [3.05, 3.63) is 48.0 Å². The summed E-state index contributed by atoms with van der Waals surface area (Å²) < 4.78 is 21.5. The maximum atomic E-state index is 13.2. The lowest BCUT2D eigenvalue weighted by Gasteiger charge is -2.29. The third-order valence-corrected chi connectivity index (χ3v) is 5.34. The molecule has 2 aromatic rings. The molecule has 0 unspecified atom stereocenters. The highest BCUT2D eigenvalue weighted by Gasteiger charge is 2.27. The molecule has 8 heteroatoms. The van der Waals surface area contributed by atoms with E-state index in [0.717, 1.165) is 12.0 Å². The van der Waals surface area contributed by atoms with Gasteiger partial charge in [-0.3, -0.25) is 9.59 Å². The fraction of sp³-hybridized carbons (Fsp3) is 0.440. The summed E-state index contributed by atoms with van der Waals surface area (Å²) in [5.74, 6) is 1.65. The van der Waals surface area contributed by atoms with E-state index in [1.807, 2.05) is 38.1 Å². The first-order chi connectivity index (χ1) is 15.8. The van der Waals surface area contributed by atoms with Crippen LogP contribution in [-0.2, 0) is 16.1 Å². The average Bonchev–Trinajstić information content (AvgIpc) is 2.84. The number of rotatable bonds is 12. The predicted octanol–water partition coefficient (Wildman–Crippen LogP) is 3.42. The molecule has 0 bridgehead atoms. The molecule has 0 aliphatic carbocycles. The summed E-state index contributed by atoms with van der Waals surface area (Å²) in [5.41, 5.74) is 0.842. The Kier molecular flexibility index (Phi) is 9.84. The second-order valence-corrected chi connectivity index (χ2v) is 7.70. The molecule has 0 fully saturated rings. The van der Waals surface area contributed by atoms with E-state index < -0.39 is 6.04 Å². The molecule has 0 aliphatic rings. The fourth-order valence-electron chi connectivity index (χ4n) is 3.11. The Morgan fingerprint density at radius 1 is 0.909 bits per heavy atom. The summed E-state index contributed by atoms with van der Waals surface area (Å²) in [7, 11) is 4.66. The SMILES string of the molecule is CC[C@H](C)NC(=O)[C@@H](C)N(Cc1cccc(OC)c1)C(=O)COc1cc(OC)cc(OC)c1. The lowest BCUT2D eigenvalue weighted by atomic mass is 10.1. The van der Waals surface area contributed by atoms with Crippen LogP contribution < -0.4 is 24.3 Å². The average molecular weight is 459 g/mol. The highest BCUT2D eigenvalue weighted by molar-refractivity contribution is 5.88. The minimum Gasteiger partial charge on any atom is -0.497 e. The molecule has 8 nitrogen and oxygen atoms in total. The van der Waals surface area contributed by atoms with Crippen molar-refractivity contribution in [1.29, 1.82) is 0 Å². The standard InChI is InChI=1S/C25H34N2O6/c1-7-17(2)26-25(29)18(3)27(15-19-9-8-10-20(11-19)30-4)24(28)16-33-23-13-21(31-5)12-22(14-23)32-6/h8-14,17-18H,7,15-16H2,1-6H3,(H,26,29)/t17-,18+/m0/s1. The Bertz CT molecular complexity index is 911. The van der Waals surface area contributed by atoms with Gasteiger partial charge in [0.1, 0.15) is 29.0 Å². The van der Waals surface area contributed by atoms with Crippen molar-refractivity contribution in [2.24, 2.45) is 0 Å². The normalized spacial score (nSPS) is 12.3. The van der Waals surface area contributed by atoms with E-state index in [9.17, 15) is 9.59 Å². The zero-order valence-corrected chi connectivity index (χ0v) is 20.2. The number of carbonyl (C=O) groups is 2. The topological polar surface area (TPSA) is 86.3 Å². The lowest BCUT2D eigenvalue weighted by Crippen LogP contribution is -2.50. The highest BCUT2D eigenvalue weighted by atomic mass is 16.5. The van der Waals surface area contributed by atoms with Crippen LogP contribution in [0.2, 0.25) is 0 Å². The monoisotopic (exact) mass is 458 g/mol. The van der Waals surface area contributed by atoms with Gasteiger partial charge in [-0.05, 0) is 38.0 Å². The number of nitrogens with one attached hydrogen (secondary N) is 1. The summed E-state index contributed by atoms with van der Waals surface area (Å²) in [6.07, 6.45) is 0.795. The summed E-state index contributed by atoms with van der Waals surface area (Å²) in [5, 5.41) is 2.95. The molecule has 2 atom stereocenters. The van der Waals surface area contributed by atoms with Crippen LogP contribution in [0.15, 0.2) is 42.5 Å². The molecule has 33 heavy (non-hydrogen) atoms. The molecule has 0 aromatic heterocycles.